The van der Waals surface area contributed by atoms with Crippen LogP contribution in [-0.4, -0.2) is 59.5 Å². The number of nitrogens with zero attached hydrogens (tertiary/aromatic N) is 6. The van der Waals surface area contributed by atoms with Gasteiger partial charge >= 0.3 is 0 Å². The van der Waals surface area contributed by atoms with E-state index in [0.717, 1.165) is 60.5 Å². The van der Waals surface area contributed by atoms with Crippen LogP contribution in [0.5, 0.6) is 0 Å². The lowest BCUT2D eigenvalue weighted by molar-refractivity contribution is 0.0951. The monoisotopic (exact) mass is 571 g/mol. The molecule has 5 heterocycles. The number of allylic oxidation sites excluding steroid dienone is 2. The van der Waals surface area contributed by atoms with E-state index in [2.05, 4.69) is 85.9 Å². The molecular weight excluding hydrogens is 534 g/mol. The van der Waals surface area contributed by atoms with E-state index >= 15 is 0 Å². The van der Waals surface area contributed by atoms with Gasteiger partial charge in [0.1, 0.15) is 11.9 Å². The van der Waals surface area contributed by atoms with Gasteiger partial charge in [-0.25, -0.2) is 4.98 Å². The minimum atomic E-state index is -0.134. The molecule has 0 spiro atoms. The molecule has 1 atom stereocenters. The van der Waals surface area contributed by atoms with Gasteiger partial charge in [0, 0.05) is 54.4 Å². The number of hydrogen-bond donors (Lipinski definition) is 1. The third-order valence-corrected chi connectivity index (χ3v) is 8.54. The minimum absolute atomic E-state index is 0.0482. The molecule has 3 aliphatic heterocycles. The zero-order valence-corrected chi connectivity index (χ0v) is 25.0. The molecular formula is C35H37N7O. The fourth-order valence-electron chi connectivity index (χ4n) is 6.56. The Labute approximate surface area is 252 Å². The summed E-state index contributed by atoms with van der Waals surface area (Å²) in [4.78, 5) is 27.3. The minimum Gasteiger partial charge on any atom is -0.351 e. The predicted molar refractivity (Wildman–Crippen MR) is 172 cm³/mol. The molecule has 0 saturated carbocycles. The lowest BCUT2D eigenvalue weighted by atomic mass is 9.95. The summed E-state index contributed by atoms with van der Waals surface area (Å²) in [6.45, 7) is 4.37. The second-order valence-electron chi connectivity index (χ2n) is 11.7. The number of pyridine rings is 2. The molecule has 1 N–H and O–H groups in total. The van der Waals surface area contributed by atoms with Crippen LogP contribution < -0.4 is 15.2 Å². The molecule has 2 aromatic carbocycles. The van der Waals surface area contributed by atoms with Crippen LogP contribution in [0.1, 0.15) is 46.1 Å². The number of para-hydroxylation sites is 1. The van der Waals surface area contributed by atoms with Crippen molar-refractivity contribution >= 4 is 28.3 Å². The molecule has 2 aromatic heterocycles. The number of fused-ring (bicyclic) bond motifs is 3. The number of hydrogen-bond acceptors (Lipinski definition) is 7. The Morgan fingerprint density at radius 3 is 2.81 bits per heavy atom. The van der Waals surface area contributed by atoms with E-state index in [0.29, 0.717) is 12.1 Å². The molecule has 218 valence electrons. The van der Waals surface area contributed by atoms with Crippen LogP contribution in [0.15, 0.2) is 96.6 Å². The van der Waals surface area contributed by atoms with Crippen molar-refractivity contribution in [3.8, 4) is 0 Å². The number of amides is 1. The molecule has 43 heavy (non-hydrogen) atoms. The highest BCUT2D eigenvalue weighted by Gasteiger charge is 2.46. The maximum Gasteiger partial charge on any atom is 0.251 e. The van der Waals surface area contributed by atoms with Crippen LogP contribution in [-0.2, 0) is 6.42 Å². The third-order valence-electron chi connectivity index (χ3n) is 8.54. The van der Waals surface area contributed by atoms with Gasteiger partial charge in [-0.3, -0.25) is 19.8 Å². The van der Waals surface area contributed by atoms with Crippen molar-refractivity contribution in [1.82, 2.24) is 25.2 Å². The number of anilines is 2. The second kappa shape index (κ2) is 11.2. The second-order valence-corrected chi connectivity index (χ2v) is 11.7. The molecule has 7 rings (SSSR count). The Morgan fingerprint density at radius 1 is 1.07 bits per heavy atom. The van der Waals surface area contributed by atoms with Crippen LogP contribution in [0.4, 0.5) is 11.5 Å². The Morgan fingerprint density at radius 2 is 1.95 bits per heavy atom. The van der Waals surface area contributed by atoms with Gasteiger partial charge in [-0.15, -0.1) is 0 Å². The van der Waals surface area contributed by atoms with Gasteiger partial charge in [0.05, 0.1) is 16.9 Å². The molecule has 4 aromatic rings. The Bertz CT molecular complexity index is 1760. The highest BCUT2D eigenvalue weighted by molar-refractivity contribution is 5.96. The van der Waals surface area contributed by atoms with Gasteiger partial charge < -0.3 is 15.1 Å². The quantitative estimate of drug-likeness (QED) is 0.310. The number of likely N-dealkylation sites (N-methyl/N-ethyl adjacent to an activating group) is 1. The topological polar surface area (TPSA) is 67.8 Å². The van der Waals surface area contributed by atoms with Gasteiger partial charge in [0.25, 0.3) is 5.91 Å². The lowest BCUT2D eigenvalue weighted by Crippen LogP contribution is -2.39. The van der Waals surface area contributed by atoms with Gasteiger partial charge in [-0.2, -0.15) is 0 Å². The SMILES string of the molecule is Cc1cccc(N2C(c3ccnc4ccccc34)C(N3C=CCc4ccc(C(=O)NCCN(C)C)cc43)=C3CCCN32)n1. The van der Waals surface area contributed by atoms with Gasteiger partial charge in [0.2, 0.25) is 0 Å². The summed E-state index contributed by atoms with van der Waals surface area (Å²) in [7, 11) is 4.02. The molecule has 3 aliphatic rings. The van der Waals surface area contributed by atoms with Gasteiger partial charge in [-0.1, -0.05) is 36.4 Å². The number of aryl methyl sites for hydroxylation is 1. The summed E-state index contributed by atoms with van der Waals surface area (Å²) in [6, 6.07) is 22.8. The number of aromatic nitrogens is 2. The Balaban J connectivity index is 1.38. The molecule has 1 unspecified atom stereocenters. The summed E-state index contributed by atoms with van der Waals surface area (Å²) in [6.07, 6.45) is 9.21. The first-order valence-electron chi connectivity index (χ1n) is 15.1. The molecule has 0 bridgehead atoms. The molecule has 1 fully saturated rings. The normalized spacial score (nSPS) is 17.7. The molecule has 8 heteroatoms. The van der Waals surface area contributed by atoms with Gasteiger partial charge in [0.15, 0.2) is 0 Å². The molecule has 1 saturated heterocycles. The van der Waals surface area contributed by atoms with Crippen LogP contribution in [0.3, 0.4) is 0 Å². The molecule has 0 radical (unpaired) electrons. The number of rotatable bonds is 7. The van der Waals surface area contributed by atoms with E-state index in [-0.39, 0.29) is 11.9 Å². The first kappa shape index (κ1) is 27.2. The summed E-state index contributed by atoms with van der Waals surface area (Å²) in [5.74, 6) is 0.878. The van der Waals surface area contributed by atoms with Crippen LogP contribution >= 0.6 is 0 Å². The van der Waals surface area contributed by atoms with E-state index in [4.69, 9.17) is 9.97 Å². The van der Waals surface area contributed by atoms with Crippen molar-refractivity contribution in [1.29, 1.82) is 0 Å². The highest BCUT2D eigenvalue weighted by atomic mass is 16.1. The van der Waals surface area contributed by atoms with Crippen molar-refractivity contribution in [2.75, 3.05) is 43.6 Å². The smallest absolute Gasteiger partial charge is 0.251 e. The average Bonchev–Trinajstić information content (AvgIpc) is 3.61. The summed E-state index contributed by atoms with van der Waals surface area (Å²) >= 11 is 0. The maximum absolute atomic E-state index is 13.2. The fourth-order valence-corrected chi connectivity index (χ4v) is 6.56. The zero-order valence-electron chi connectivity index (χ0n) is 25.0. The average molecular weight is 572 g/mol. The standard InChI is InChI=1S/C35H37N7O/c1-24-9-6-14-32(38-24)42-33(28-17-18-36-29-12-5-4-11-27(28)29)34(30-13-8-21-41(30)42)40-20-7-10-25-15-16-26(23-31(25)40)35(43)37-19-22-39(2)3/h4-7,9,11-12,14-18,20,23,33H,8,10,13,19,21-22H2,1-3H3,(H,37,43). The largest absolute Gasteiger partial charge is 0.351 e. The molecule has 8 nitrogen and oxygen atoms in total. The number of benzene rings is 2. The van der Waals surface area contributed by atoms with Crippen LogP contribution in [0, 0.1) is 6.92 Å². The van der Waals surface area contributed by atoms with E-state index in [1.54, 1.807) is 0 Å². The Kier molecular flexibility index (Phi) is 7.07. The van der Waals surface area contributed by atoms with E-state index < -0.39 is 0 Å². The summed E-state index contributed by atoms with van der Waals surface area (Å²) in [5.41, 5.74) is 8.58. The fraction of sp³-hybridized carbons (Fsp3) is 0.286. The lowest BCUT2D eigenvalue weighted by Gasteiger charge is -2.37. The van der Waals surface area contributed by atoms with E-state index in [1.165, 1.54) is 22.5 Å². The molecule has 1 amide bonds. The predicted octanol–water partition coefficient (Wildman–Crippen LogP) is 5.59. The number of nitrogens with one attached hydrogen (secondary N) is 1. The highest BCUT2D eigenvalue weighted by Crippen LogP contribution is 2.50. The zero-order chi connectivity index (χ0) is 29.5. The number of carbonyl (C=O) groups excluding carboxylic acids is 1. The van der Waals surface area contributed by atoms with E-state index in [1.807, 2.05) is 45.4 Å². The van der Waals surface area contributed by atoms with Crippen molar-refractivity contribution in [3.63, 3.8) is 0 Å². The maximum atomic E-state index is 13.2. The third kappa shape index (κ3) is 4.91. The van der Waals surface area contributed by atoms with Gasteiger partial charge in [-0.05, 0) is 87.8 Å². The first-order chi connectivity index (χ1) is 21.0. The number of hydrazine groups is 1. The summed E-state index contributed by atoms with van der Waals surface area (Å²) in [5, 5.41) is 9.02. The number of carbonyl (C=O) groups is 1. The summed E-state index contributed by atoms with van der Waals surface area (Å²) < 4.78 is 0. The Hall–Kier alpha value is -4.69. The van der Waals surface area contributed by atoms with Crippen molar-refractivity contribution in [2.24, 2.45) is 0 Å². The van der Waals surface area contributed by atoms with Crippen molar-refractivity contribution < 1.29 is 4.79 Å². The van der Waals surface area contributed by atoms with Crippen molar-refractivity contribution in [2.45, 2.75) is 32.2 Å². The van der Waals surface area contributed by atoms with Crippen molar-refractivity contribution in [3.05, 3.63) is 119 Å². The first-order valence-corrected chi connectivity index (χ1v) is 15.1. The van der Waals surface area contributed by atoms with E-state index in [9.17, 15) is 4.79 Å². The van der Waals surface area contributed by atoms with Crippen LogP contribution in [0.2, 0.25) is 0 Å². The van der Waals surface area contributed by atoms with Crippen LogP contribution in [0.25, 0.3) is 10.9 Å². The molecule has 0 aliphatic carbocycles.